The zero-order chi connectivity index (χ0) is 27.7. The van der Waals surface area contributed by atoms with E-state index in [1.165, 1.54) is 44.5 Å². The van der Waals surface area contributed by atoms with E-state index in [9.17, 15) is 0 Å². The van der Waals surface area contributed by atoms with Gasteiger partial charge in [0.05, 0.1) is 16.4 Å². The van der Waals surface area contributed by atoms with E-state index >= 15 is 0 Å². The smallest absolute Gasteiger partial charge is 0.145 e. The molecule has 0 saturated heterocycles. The lowest BCUT2D eigenvalue weighted by Gasteiger charge is -2.35. The largest absolute Gasteiger partial charge is 0.292 e. The Hall–Kier alpha value is -5.47. The van der Waals surface area contributed by atoms with Crippen LogP contribution in [0.2, 0.25) is 0 Å². The van der Waals surface area contributed by atoms with Gasteiger partial charge < -0.3 is 0 Å². The van der Waals surface area contributed by atoms with E-state index < -0.39 is 5.41 Å². The first-order valence-electron chi connectivity index (χ1n) is 14.5. The van der Waals surface area contributed by atoms with Gasteiger partial charge in [-0.3, -0.25) is 4.57 Å². The van der Waals surface area contributed by atoms with Crippen LogP contribution >= 0.6 is 0 Å². The second-order valence-electron chi connectivity index (χ2n) is 11.2. The summed E-state index contributed by atoms with van der Waals surface area (Å²) in [6.45, 7) is 0. The van der Waals surface area contributed by atoms with Crippen LogP contribution in [0.4, 0.5) is 0 Å². The van der Waals surface area contributed by atoms with Gasteiger partial charge in [0.15, 0.2) is 0 Å². The van der Waals surface area contributed by atoms with Gasteiger partial charge >= 0.3 is 0 Å². The quantitative estimate of drug-likeness (QED) is 0.216. The first-order chi connectivity index (χ1) is 20.8. The molecule has 0 atom stereocenters. The molecule has 0 radical (unpaired) electrons. The highest BCUT2D eigenvalue weighted by Crippen LogP contribution is 2.58. The van der Waals surface area contributed by atoms with Crippen LogP contribution in [0.3, 0.4) is 0 Å². The summed E-state index contributed by atoms with van der Waals surface area (Å²) in [7, 11) is 0. The van der Waals surface area contributed by atoms with Gasteiger partial charge in [-0.1, -0.05) is 127 Å². The molecule has 42 heavy (non-hydrogen) atoms. The molecule has 1 aromatic heterocycles. The maximum absolute atomic E-state index is 5.23. The lowest BCUT2D eigenvalue weighted by Crippen LogP contribution is -2.30. The lowest BCUT2D eigenvalue weighted by atomic mass is 9.66. The highest BCUT2D eigenvalue weighted by atomic mass is 15.1. The molecule has 2 nitrogen and oxygen atoms in total. The summed E-state index contributed by atoms with van der Waals surface area (Å²) in [5, 5.41) is 0. The predicted molar refractivity (Wildman–Crippen MR) is 173 cm³/mol. The first-order valence-corrected chi connectivity index (χ1v) is 14.5. The molecule has 1 heterocycles. The van der Waals surface area contributed by atoms with Crippen LogP contribution < -0.4 is 0 Å². The van der Waals surface area contributed by atoms with E-state index in [4.69, 9.17) is 4.98 Å². The van der Waals surface area contributed by atoms with Crippen LogP contribution in [0.1, 0.15) is 33.4 Å². The molecule has 2 heteroatoms. The highest BCUT2D eigenvalue weighted by Gasteiger charge is 2.48. The number of benzene rings is 6. The minimum Gasteiger partial charge on any atom is -0.292 e. The van der Waals surface area contributed by atoms with Crippen molar-refractivity contribution in [1.29, 1.82) is 0 Å². The number of aromatic nitrogens is 2. The lowest BCUT2D eigenvalue weighted by molar-refractivity contribution is 0.766. The molecule has 6 aromatic carbocycles. The van der Waals surface area contributed by atoms with E-state index in [1.54, 1.807) is 0 Å². The van der Waals surface area contributed by atoms with Crippen LogP contribution in [-0.4, -0.2) is 9.55 Å². The summed E-state index contributed by atoms with van der Waals surface area (Å²) in [4.78, 5) is 5.23. The molecular weight excluding hydrogens is 508 g/mol. The van der Waals surface area contributed by atoms with E-state index in [-0.39, 0.29) is 0 Å². The third kappa shape index (κ3) is 3.07. The van der Waals surface area contributed by atoms with E-state index in [2.05, 4.69) is 162 Å². The van der Waals surface area contributed by atoms with Crippen LogP contribution in [-0.2, 0) is 5.41 Å². The molecule has 7 aromatic rings. The maximum atomic E-state index is 5.23. The summed E-state index contributed by atoms with van der Waals surface area (Å²) < 4.78 is 2.29. The predicted octanol–water partition coefficient (Wildman–Crippen LogP) is 9.54. The van der Waals surface area contributed by atoms with Gasteiger partial charge in [0.2, 0.25) is 0 Å². The Morgan fingerprint density at radius 2 is 1.07 bits per heavy atom. The van der Waals surface area contributed by atoms with E-state index in [0.29, 0.717) is 0 Å². The van der Waals surface area contributed by atoms with Gasteiger partial charge in [0, 0.05) is 11.3 Å². The van der Waals surface area contributed by atoms with E-state index in [0.717, 1.165) is 28.1 Å². The van der Waals surface area contributed by atoms with Crippen molar-refractivity contribution in [3.63, 3.8) is 0 Å². The molecule has 196 valence electrons. The number of hydrogen-bond donors (Lipinski definition) is 0. The minimum absolute atomic E-state index is 0.456. The first kappa shape index (κ1) is 23.3. The molecule has 0 N–H and O–H groups in total. The molecule has 2 aliphatic rings. The van der Waals surface area contributed by atoms with Crippen LogP contribution in [0.25, 0.3) is 51.4 Å². The van der Waals surface area contributed by atoms with Crippen molar-refractivity contribution in [1.82, 2.24) is 9.55 Å². The number of imidazole rings is 1. The van der Waals surface area contributed by atoms with Crippen molar-refractivity contribution in [2.24, 2.45) is 0 Å². The zero-order valence-electron chi connectivity index (χ0n) is 22.9. The van der Waals surface area contributed by atoms with Crippen molar-refractivity contribution in [3.8, 4) is 28.2 Å². The average molecular weight is 535 g/mol. The molecule has 2 aliphatic carbocycles. The fraction of sp³-hybridized carbons (Fsp3) is 0.0250. The van der Waals surface area contributed by atoms with Gasteiger partial charge in [-0.15, -0.1) is 0 Å². The number of para-hydroxylation sites is 3. The topological polar surface area (TPSA) is 17.8 Å². The summed E-state index contributed by atoms with van der Waals surface area (Å²) in [6.07, 6.45) is 4.56. The van der Waals surface area contributed by atoms with Gasteiger partial charge in [0.1, 0.15) is 5.82 Å². The molecule has 0 aliphatic heterocycles. The average Bonchev–Trinajstić information content (AvgIpc) is 3.53. The maximum Gasteiger partial charge on any atom is 0.145 e. The minimum atomic E-state index is -0.456. The fourth-order valence-corrected chi connectivity index (χ4v) is 7.35. The zero-order valence-corrected chi connectivity index (χ0v) is 22.9. The van der Waals surface area contributed by atoms with Crippen molar-refractivity contribution in [2.45, 2.75) is 5.41 Å². The number of fused-ring (bicyclic) bond motifs is 10. The molecule has 9 rings (SSSR count). The summed E-state index contributed by atoms with van der Waals surface area (Å²) in [5.41, 5.74) is 14.2. The van der Waals surface area contributed by atoms with Crippen LogP contribution in [0.5, 0.6) is 0 Å². The molecule has 1 spiro atoms. The van der Waals surface area contributed by atoms with Gasteiger partial charge in [0.25, 0.3) is 0 Å². The van der Waals surface area contributed by atoms with Crippen molar-refractivity contribution in [3.05, 3.63) is 179 Å². The highest BCUT2D eigenvalue weighted by molar-refractivity contribution is 5.93. The van der Waals surface area contributed by atoms with E-state index in [1.807, 2.05) is 0 Å². The summed E-state index contributed by atoms with van der Waals surface area (Å²) in [5.74, 6) is 0.949. The molecule has 0 amide bonds. The SMILES string of the molecule is C1=Cc2ccccc2C2(c3ccccc31)c1ccccc1-c1ccc(-c3nc4ccccc4n3-c3ccccc3)cc12. The summed E-state index contributed by atoms with van der Waals surface area (Å²) in [6, 6.07) is 52.7. The molecule has 0 unspecified atom stereocenters. The Labute approximate surface area is 244 Å². The van der Waals surface area contributed by atoms with Gasteiger partial charge in [-0.2, -0.15) is 0 Å². The normalized spacial score (nSPS) is 13.8. The van der Waals surface area contributed by atoms with Gasteiger partial charge in [-0.25, -0.2) is 4.98 Å². The van der Waals surface area contributed by atoms with Crippen molar-refractivity contribution in [2.75, 3.05) is 0 Å². The third-order valence-electron chi connectivity index (χ3n) is 9.05. The van der Waals surface area contributed by atoms with Gasteiger partial charge in [-0.05, 0) is 74.8 Å². The Morgan fingerprint density at radius 3 is 1.83 bits per heavy atom. The third-order valence-corrected chi connectivity index (χ3v) is 9.05. The monoisotopic (exact) mass is 534 g/mol. The number of hydrogen-bond acceptors (Lipinski definition) is 1. The van der Waals surface area contributed by atoms with Crippen molar-refractivity contribution < 1.29 is 0 Å². The van der Waals surface area contributed by atoms with Crippen LogP contribution in [0, 0.1) is 0 Å². The molecular formula is C40H26N2. The Balaban J connectivity index is 1.40. The molecule has 0 fully saturated rings. The Kier molecular flexibility index (Phi) is 4.85. The second-order valence-corrected chi connectivity index (χ2v) is 11.2. The van der Waals surface area contributed by atoms with Crippen LogP contribution in [0.15, 0.2) is 146 Å². The molecule has 0 bridgehead atoms. The summed E-state index contributed by atoms with van der Waals surface area (Å²) >= 11 is 0. The fourth-order valence-electron chi connectivity index (χ4n) is 7.35. The Bertz CT molecular complexity index is 2150. The number of nitrogens with zero attached hydrogens (tertiary/aromatic N) is 2. The number of rotatable bonds is 2. The standard InChI is InChI=1S/C40H26N2/c1-2-14-30(15-3-1)42-38-21-11-10-20-37(38)41-39(42)29-24-25-32-31-16-6-9-19-35(31)40(36(32)26-29)33-17-7-4-12-27(33)22-23-28-13-5-8-18-34(28)40/h1-26H. The molecule has 0 saturated carbocycles. The Morgan fingerprint density at radius 1 is 0.476 bits per heavy atom. The second kappa shape index (κ2) is 8.76. The van der Waals surface area contributed by atoms with Crippen molar-refractivity contribution >= 4 is 23.2 Å².